The molecule has 4 rings (SSSR count). The summed E-state index contributed by atoms with van der Waals surface area (Å²) in [5.41, 5.74) is 3.70. The van der Waals surface area contributed by atoms with Crippen LogP contribution in [0.3, 0.4) is 0 Å². The van der Waals surface area contributed by atoms with E-state index in [1.165, 1.54) is 30.5 Å². The zero-order valence-corrected chi connectivity index (χ0v) is 19.2. The molecule has 1 amide bonds. The first-order valence-corrected chi connectivity index (χ1v) is 12.0. The third-order valence-electron chi connectivity index (χ3n) is 4.96. The van der Waals surface area contributed by atoms with E-state index < -0.39 is 9.84 Å². The van der Waals surface area contributed by atoms with Crippen LogP contribution < -0.4 is 10.6 Å². The van der Waals surface area contributed by atoms with Gasteiger partial charge in [-0.3, -0.25) is 9.78 Å². The van der Waals surface area contributed by atoms with Crippen LogP contribution in [-0.2, 0) is 9.84 Å². The van der Waals surface area contributed by atoms with Gasteiger partial charge < -0.3 is 15.7 Å². The molecule has 0 saturated heterocycles. The predicted molar refractivity (Wildman–Crippen MR) is 129 cm³/mol. The molecular formula is C24H21N5O4S. The van der Waals surface area contributed by atoms with Gasteiger partial charge in [-0.15, -0.1) is 0 Å². The van der Waals surface area contributed by atoms with Crippen LogP contribution in [0, 0.1) is 6.92 Å². The third kappa shape index (κ3) is 5.36. The summed E-state index contributed by atoms with van der Waals surface area (Å²) < 4.78 is 23.2. The fourth-order valence-electron chi connectivity index (χ4n) is 3.16. The van der Waals surface area contributed by atoms with Crippen molar-refractivity contribution < 1.29 is 18.3 Å². The van der Waals surface area contributed by atoms with Gasteiger partial charge in [-0.05, 0) is 61.0 Å². The smallest absolute Gasteiger partial charge is 0.255 e. The Morgan fingerprint density at radius 1 is 1.00 bits per heavy atom. The molecule has 0 saturated carbocycles. The highest BCUT2D eigenvalue weighted by atomic mass is 32.2. The zero-order valence-electron chi connectivity index (χ0n) is 18.4. The Labute approximate surface area is 196 Å². The van der Waals surface area contributed by atoms with Crippen LogP contribution in [0.25, 0.3) is 11.3 Å². The fourth-order valence-corrected chi connectivity index (χ4v) is 3.79. The minimum atomic E-state index is -3.34. The number of amides is 1. The van der Waals surface area contributed by atoms with Gasteiger partial charge in [-0.2, -0.15) is 0 Å². The van der Waals surface area contributed by atoms with Crippen molar-refractivity contribution in [1.82, 2.24) is 15.0 Å². The number of aromatic hydroxyl groups is 1. The lowest BCUT2D eigenvalue weighted by Gasteiger charge is -2.12. The molecule has 10 heteroatoms. The highest BCUT2D eigenvalue weighted by molar-refractivity contribution is 7.90. The van der Waals surface area contributed by atoms with Crippen LogP contribution in [0.15, 0.2) is 78.1 Å². The van der Waals surface area contributed by atoms with Gasteiger partial charge >= 0.3 is 0 Å². The highest BCUT2D eigenvalue weighted by Gasteiger charge is 2.12. The monoisotopic (exact) mass is 475 g/mol. The Bertz CT molecular complexity index is 1470. The van der Waals surface area contributed by atoms with Crippen molar-refractivity contribution >= 4 is 33.1 Å². The third-order valence-corrected chi connectivity index (χ3v) is 6.09. The van der Waals surface area contributed by atoms with Gasteiger partial charge in [-0.25, -0.2) is 18.4 Å². The standard InChI is InChI=1S/C24H21N5O4S/c1-15-3-6-18(27-23(31)16-4-7-20(8-5-16)34(2,32)33)12-22(15)29-24-26-10-9-21(28-24)17-11-19(30)14-25-13-17/h3-14,30H,1-2H3,(H,27,31)(H,26,28,29). The lowest BCUT2D eigenvalue weighted by Crippen LogP contribution is -2.12. The summed E-state index contributed by atoms with van der Waals surface area (Å²) in [4.78, 5) is 25.5. The molecule has 2 aromatic heterocycles. The molecule has 9 nitrogen and oxygen atoms in total. The van der Waals surface area contributed by atoms with Crippen molar-refractivity contribution in [3.63, 3.8) is 0 Å². The average molecular weight is 476 g/mol. The normalized spacial score (nSPS) is 11.1. The lowest BCUT2D eigenvalue weighted by atomic mass is 10.1. The van der Waals surface area contributed by atoms with Gasteiger partial charge in [0.15, 0.2) is 9.84 Å². The number of aromatic nitrogens is 3. The van der Waals surface area contributed by atoms with Crippen molar-refractivity contribution in [2.45, 2.75) is 11.8 Å². The Balaban J connectivity index is 1.53. The number of anilines is 3. The van der Waals surface area contributed by atoms with Crippen molar-refractivity contribution in [1.29, 1.82) is 0 Å². The van der Waals surface area contributed by atoms with E-state index in [0.29, 0.717) is 34.1 Å². The molecule has 2 aromatic carbocycles. The second-order valence-electron chi connectivity index (χ2n) is 7.60. The summed E-state index contributed by atoms with van der Waals surface area (Å²) in [6.45, 7) is 1.90. The molecule has 2 heterocycles. The first kappa shape index (κ1) is 22.9. The van der Waals surface area contributed by atoms with Crippen LogP contribution >= 0.6 is 0 Å². The number of nitrogens with one attached hydrogen (secondary N) is 2. The minimum Gasteiger partial charge on any atom is -0.506 e. The van der Waals surface area contributed by atoms with E-state index in [1.54, 1.807) is 36.7 Å². The van der Waals surface area contributed by atoms with E-state index in [2.05, 4.69) is 25.6 Å². The molecular weight excluding hydrogens is 454 g/mol. The van der Waals surface area contributed by atoms with E-state index in [1.807, 2.05) is 13.0 Å². The number of pyridine rings is 1. The van der Waals surface area contributed by atoms with Gasteiger partial charge in [0.2, 0.25) is 5.95 Å². The number of hydrogen-bond donors (Lipinski definition) is 3. The number of carbonyl (C=O) groups excluding carboxylic acids is 1. The van der Waals surface area contributed by atoms with Gasteiger partial charge in [0.25, 0.3) is 5.91 Å². The highest BCUT2D eigenvalue weighted by Crippen LogP contribution is 2.25. The summed E-state index contributed by atoms with van der Waals surface area (Å²) in [5, 5.41) is 15.6. The van der Waals surface area contributed by atoms with Crippen molar-refractivity contribution in [3.8, 4) is 17.0 Å². The molecule has 172 valence electrons. The van der Waals surface area contributed by atoms with Gasteiger partial charge in [0, 0.05) is 41.2 Å². The molecule has 0 aliphatic heterocycles. The fraction of sp³-hybridized carbons (Fsp3) is 0.0833. The Morgan fingerprint density at radius 3 is 2.47 bits per heavy atom. The SMILES string of the molecule is Cc1ccc(NC(=O)c2ccc(S(C)(=O)=O)cc2)cc1Nc1nccc(-c2cncc(O)c2)n1. The summed E-state index contributed by atoms with van der Waals surface area (Å²) in [5.74, 6) is 0.00383. The summed E-state index contributed by atoms with van der Waals surface area (Å²) in [7, 11) is -3.34. The van der Waals surface area contributed by atoms with E-state index in [4.69, 9.17) is 0 Å². The number of carbonyl (C=O) groups is 1. The molecule has 4 aromatic rings. The second kappa shape index (κ2) is 9.28. The van der Waals surface area contributed by atoms with Crippen molar-refractivity contribution in [3.05, 3.63) is 84.3 Å². The molecule has 0 fully saturated rings. The number of benzene rings is 2. The summed E-state index contributed by atoms with van der Waals surface area (Å²) in [6, 6.07) is 14.4. The molecule has 0 aliphatic rings. The molecule has 0 atom stereocenters. The number of rotatable bonds is 6. The maximum Gasteiger partial charge on any atom is 0.255 e. The largest absolute Gasteiger partial charge is 0.506 e. The summed E-state index contributed by atoms with van der Waals surface area (Å²) in [6.07, 6.45) is 5.64. The molecule has 0 spiro atoms. The maximum absolute atomic E-state index is 12.6. The zero-order chi connectivity index (χ0) is 24.3. The Hall–Kier alpha value is -4.31. The quantitative estimate of drug-likeness (QED) is 0.382. The Morgan fingerprint density at radius 2 is 1.76 bits per heavy atom. The molecule has 0 radical (unpaired) electrons. The Kier molecular flexibility index (Phi) is 6.24. The molecule has 0 aliphatic carbocycles. The van der Waals surface area contributed by atoms with Gasteiger partial charge in [0.1, 0.15) is 5.75 Å². The minimum absolute atomic E-state index is 0.0378. The summed E-state index contributed by atoms with van der Waals surface area (Å²) >= 11 is 0. The van der Waals surface area contributed by atoms with E-state index in [-0.39, 0.29) is 16.6 Å². The van der Waals surface area contributed by atoms with E-state index >= 15 is 0 Å². The van der Waals surface area contributed by atoms with Crippen LogP contribution in [-0.4, -0.2) is 40.6 Å². The lowest BCUT2D eigenvalue weighted by molar-refractivity contribution is 0.102. The van der Waals surface area contributed by atoms with Crippen LogP contribution in [0.2, 0.25) is 0 Å². The van der Waals surface area contributed by atoms with E-state index in [9.17, 15) is 18.3 Å². The van der Waals surface area contributed by atoms with Crippen LogP contribution in [0.5, 0.6) is 5.75 Å². The van der Waals surface area contributed by atoms with Crippen LogP contribution in [0.4, 0.5) is 17.3 Å². The van der Waals surface area contributed by atoms with E-state index in [0.717, 1.165) is 11.8 Å². The molecule has 0 unspecified atom stereocenters. The topological polar surface area (TPSA) is 134 Å². The molecule has 0 bridgehead atoms. The maximum atomic E-state index is 12.6. The number of sulfone groups is 1. The molecule has 34 heavy (non-hydrogen) atoms. The van der Waals surface area contributed by atoms with Gasteiger partial charge in [-0.1, -0.05) is 6.07 Å². The number of aryl methyl sites for hydroxylation is 1. The average Bonchev–Trinajstić information content (AvgIpc) is 2.81. The number of nitrogens with zero attached hydrogens (tertiary/aromatic N) is 3. The molecule has 3 N–H and O–H groups in total. The number of hydrogen-bond acceptors (Lipinski definition) is 8. The van der Waals surface area contributed by atoms with Crippen molar-refractivity contribution in [2.75, 3.05) is 16.9 Å². The first-order valence-electron chi connectivity index (χ1n) is 10.2. The van der Waals surface area contributed by atoms with Crippen LogP contribution in [0.1, 0.15) is 15.9 Å². The predicted octanol–water partition coefficient (Wildman–Crippen LogP) is 3.95. The van der Waals surface area contributed by atoms with Crippen molar-refractivity contribution in [2.24, 2.45) is 0 Å². The second-order valence-corrected chi connectivity index (χ2v) is 9.62. The van der Waals surface area contributed by atoms with Gasteiger partial charge in [0.05, 0.1) is 16.8 Å². The first-order chi connectivity index (χ1) is 16.2.